The van der Waals surface area contributed by atoms with E-state index in [1.807, 2.05) is 6.07 Å². The molecule has 3 amide bonds. The number of carbonyl (C=O) groups is 3. The molecule has 0 aromatic heterocycles. The van der Waals surface area contributed by atoms with Crippen LogP contribution in [0.25, 0.3) is 0 Å². The van der Waals surface area contributed by atoms with Crippen molar-refractivity contribution in [3.63, 3.8) is 0 Å². The van der Waals surface area contributed by atoms with E-state index in [1.165, 1.54) is 0 Å². The van der Waals surface area contributed by atoms with E-state index in [0.717, 1.165) is 5.56 Å². The van der Waals surface area contributed by atoms with Gasteiger partial charge in [-0.1, -0.05) is 30.3 Å². The molecule has 0 atom stereocenters. The summed E-state index contributed by atoms with van der Waals surface area (Å²) in [6.07, 6.45) is -3.16. The highest BCUT2D eigenvalue weighted by Gasteiger charge is 2.32. The molecule has 1 N–H and O–H groups in total. The summed E-state index contributed by atoms with van der Waals surface area (Å²) in [5.41, 5.74) is 1.10. The molecule has 0 bridgehead atoms. The number of ether oxygens (including phenoxy) is 3. The Morgan fingerprint density at radius 2 is 1.42 bits per heavy atom. The van der Waals surface area contributed by atoms with E-state index in [-0.39, 0.29) is 6.61 Å². The van der Waals surface area contributed by atoms with Crippen LogP contribution < -0.4 is 5.43 Å². The molecule has 8 nitrogen and oxygen atoms in total. The number of nitrogens with one attached hydrogen (secondary N) is 1. The zero-order valence-corrected chi connectivity index (χ0v) is 16.0. The van der Waals surface area contributed by atoms with Crippen LogP contribution in [0.4, 0.5) is 14.4 Å². The van der Waals surface area contributed by atoms with Gasteiger partial charge in [0.05, 0.1) is 0 Å². The monoisotopic (exact) mass is 366 g/mol. The van der Waals surface area contributed by atoms with Crippen molar-refractivity contribution in [2.24, 2.45) is 0 Å². The largest absolute Gasteiger partial charge is 0.443 e. The Labute approximate surface area is 153 Å². The lowest BCUT2D eigenvalue weighted by Crippen LogP contribution is -2.52. The molecule has 26 heavy (non-hydrogen) atoms. The van der Waals surface area contributed by atoms with Crippen LogP contribution in [-0.4, -0.2) is 34.5 Å². The molecule has 1 aromatic rings. The highest BCUT2D eigenvalue weighted by atomic mass is 16.6. The second-order valence-corrected chi connectivity index (χ2v) is 7.47. The third-order valence-corrected chi connectivity index (χ3v) is 2.57. The van der Waals surface area contributed by atoms with Crippen LogP contribution in [0.2, 0.25) is 0 Å². The first-order valence-corrected chi connectivity index (χ1v) is 8.11. The minimum absolute atomic E-state index is 0.0744. The van der Waals surface area contributed by atoms with Crippen LogP contribution in [-0.2, 0) is 20.8 Å². The summed E-state index contributed by atoms with van der Waals surface area (Å²) in [7, 11) is 0. The highest BCUT2D eigenvalue weighted by molar-refractivity contribution is 5.90. The average molecular weight is 366 g/mol. The molecule has 1 rings (SSSR count). The minimum Gasteiger partial charge on any atom is -0.443 e. The zero-order valence-electron chi connectivity index (χ0n) is 16.0. The van der Waals surface area contributed by atoms with Crippen molar-refractivity contribution >= 4 is 18.3 Å². The number of hydrogen-bond donors (Lipinski definition) is 1. The number of carbonyl (C=O) groups excluding carboxylic acids is 3. The lowest BCUT2D eigenvalue weighted by Gasteiger charge is -2.27. The molecule has 0 fully saturated rings. The van der Waals surface area contributed by atoms with Crippen molar-refractivity contribution in [1.29, 1.82) is 0 Å². The quantitative estimate of drug-likeness (QED) is 0.628. The van der Waals surface area contributed by atoms with Crippen LogP contribution in [0.3, 0.4) is 0 Å². The first kappa shape index (κ1) is 21.3. The molecule has 0 heterocycles. The van der Waals surface area contributed by atoms with Gasteiger partial charge in [0.25, 0.3) is 0 Å². The highest BCUT2D eigenvalue weighted by Crippen LogP contribution is 2.12. The fourth-order valence-corrected chi connectivity index (χ4v) is 1.65. The maximum absolute atomic E-state index is 12.3. The summed E-state index contributed by atoms with van der Waals surface area (Å²) in [4.78, 5) is 36.5. The van der Waals surface area contributed by atoms with Crippen molar-refractivity contribution in [2.45, 2.75) is 59.4 Å². The minimum atomic E-state index is -1.09. The van der Waals surface area contributed by atoms with Gasteiger partial charge in [0.1, 0.15) is 17.8 Å². The van der Waals surface area contributed by atoms with Gasteiger partial charge in [-0.05, 0) is 47.1 Å². The van der Waals surface area contributed by atoms with Gasteiger partial charge in [0, 0.05) is 0 Å². The van der Waals surface area contributed by atoms with Gasteiger partial charge in [-0.15, -0.1) is 5.01 Å². The first-order valence-electron chi connectivity index (χ1n) is 8.11. The zero-order chi connectivity index (χ0) is 20.0. The van der Waals surface area contributed by atoms with Gasteiger partial charge in [0.2, 0.25) is 0 Å². The van der Waals surface area contributed by atoms with Crippen molar-refractivity contribution in [2.75, 3.05) is 0 Å². The SMILES string of the molecule is CC(C)(C)OC(=O)NN(C(=O)OCc1ccccc1)C(=O)OC(C)(C)C. The van der Waals surface area contributed by atoms with Crippen LogP contribution in [0.1, 0.15) is 47.1 Å². The molecule has 0 unspecified atom stereocenters. The summed E-state index contributed by atoms with van der Waals surface area (Å²) >= 11 is 0. The van der Waals surface area contributed by atoms with E-state index in [9.17, 15) is 14.4 Å². The summed E-state index contributed by atoms with van der Waals surface area (Å²) in [5.74, 6) is 0. The summed E-state index contributed by atoms with van der Waals surface area (Å²) < 4.78 is 15.2. The van der Waals surface area contributed by atoms with E-state index in [0.29, 0.717) is 5.01 Å². The van der Waals surface area contributed by atoms with Crippen molar-refractivity contribution < 1.29 is 28.6 Å². The van der Waals surface area contributed by atoms with E-state index in [1.54, 1.807) is 65.8 Å². The number of rotatable bonds is 2. The van der Waals surface area contributed by atoms with Crippen molar-refractivity contribution in [3.05, 3.63) is 35.9 Å². The van der Waals surface area contributed by atoms with Crippen LogP contribution in [0, 0.1) is 0 Å². The Kier molecular flexibility index (Phi) is 7.00. The summed E-state index contributed by atoms with van der Waals surface area (Å²) in [5, 5.41) is 0.349. The Morgan fingerprint density at radius 1 is 0.885 bits per heavy atom. The third-order valence-electron chi connectivity index (χ3n) is 2.57. The lowest BCUT2D eigenvalue weighted by molar-refractivity contribution is -0.00112. The second kappa shape index (κ2) is 8.55. The Morgan fingerprint density at radius 3 is 1.92 bits per heavy atom. The molecule has 1 aromatic carbocycles. The van der Waals surface area contributed by atoms with Gasteiger partial charge in [-0.2, -0.15) is 0 Å². The maximum atomic E-state index is 12.3. The van der Waals surface area contributed by atoms with Gasteiger partial charge >= 0.3 is 18.3 Å². The normalized spacial score (nSPS) is 11.3. The summed E-state index contributed by atoms with van der Waals surface area (Å²) in [6.45, 7) is 9.77. The van der Waals surface area contributed by atoms with Crippen molar-refractivity contribution in [3.8, 4) is 0 Å². The van der Waals surface area contributed by atoms with E-state index in [4.69, 9.17) is 14.2 Å². The number of amides is 3. The van der Waals surface area contributed by atoms with Crippen LogP contribution >= 0.6 is 0 Å². The first-order chi connectivity index (χ1) is 11.9. The van der Waals surface area contributed by atoms with E-state index >= 15 is 0 Å². The third kappa shape index (κ3) is 8.36. The molecule has 0 spiro atoms. The van der Waals surface area contributed by atoms with Crippen LogP contribution in [0.15, 0.2) is 30.3 Å². The van der Waals surface area contributed by atoms with E-state index < -0.39 is 29.5 Å². The maximum Gasteiger partial charge on any atom is 0.439 e. The van der Waals surface area contributed by atoms with Crippen molar-refractivity contribution in [1.82, 2.24) is 10.4 Å². The molecular weight excluding hydrogens is 340 g/mol. The topological polar surface area (TPSA) is 94.2 Å². The molecule has 0 saturated heterocycles. The average Bonchev–Trinajstić information content (AvgIpc) is 2.47. The molecule has 0 aliphatic heterocycles. The number of hydrogen-bond acceptors (Lipinski definition) is 6. The lowest BCUT2D eigenvalue weighted by atomic mass is 10.2. The van der Waals surface area contributed by atoms with E-state index in [2.05, 4.69) is 5.43 Å². The van der Waals surface area contributed by atoms with Gasteiger partial charge < -0.3 is 14.2 Å². The molecule has 144 valence electrons. The molecule has 0 saturated carbocycles. The second-order valence-electron chi connectivity index (χ2n) is 7.47. The molecule has 0 aliphatic rings. The predicted molar refractivity (Wildman–Crippen MR) is 94.1 cm³/mol. The fourth-order valence-electron chi connectivity index (χ4n) is 1.65. The number of hydrazine groups is 1. The Hall–Kier alpha value is -2.77. The Bertz CT molecular complexity index is 631. The van der Waals surface area contributed by atoms with Gasteiger partial charge in [-0.25, -0.2) is 19.8 Å². The number of nitrogens with zero attached hydrogens (tertiary/aromatic N) is 1. The van der Waals surface area contributed by atoms with Gasteiger partial charge in [-0.3, -0.25) is 0 Å². The molecule has 0 radical (unpaired) electrons. The molecule has 0 aliphatic carbocycles. The number of benzene rings is 1. The van der Waals surface area contributed by atoms with Crippen LogP contribution in [0.5, 0.6) is 0 Å². The predicted octanol–water partition coefficient (Wildman–Crippen LogP) is 4.00. The van der Waals surface area contributed by atoms with Gasteiger partial charge in [0.15, 0.2) is 0 Å². The Balaban J connectivity index is 2.83. The number of imide groups is 1. The molecular formula is C18H26N2O6. The fraction of sp³-hybridized carbons (Fsp3) is 0.500. The standard InChI is InChI=1S/C18H26N2O6/c1-17(2,3)25-14(21)19-20(16(23)26-18(4,5)6)15(22)24-12-13-10-8-7-9-11-13/h7-11H,12H2,1-6H3,(H,19,21). The smallest absolute Gasteiger partial charge is 0.439 e. The molecule has 8 heteroatoms. The summed E-state index contributed by atoms with van der Waals surface area (Å²) in [6, 6.07) is 8.91.